The summed E-state index contributed by atoms with van der Waals surface area (Å²) < 4.78 is 11.1. The summed E-state index contributed by atoms with van der Waals surface area (Å²) in [7, 11) is 0. The quantitative estimate of drug-likeness (QED) is 0.600. The van der Waals surface area contributed by atoms with E-state index in [1.165, 1.54) is 28.5 Å². The number of fused-ring (bicyclic) bond motifs is 4. The van der Waals surface area contributed by atoms with Crippen LogP contribution in [0.3, 0.4) is 0 Å². The van der Waals surface area contributed by atoms with Crippen LogP contribution in [0.15, 0.2) is 53.9 Å². The maximum atomic E-state index is 12.6. The SMILES string of the molecule is Cc1ccc(C2CC3C4NN=C(SCC(=O)Nc5ccc6c(c5)OCCO6)N4C=CN3N2)cc1C. The molecule has 3 unspecified atom stereocenters. The average molecular weight is 493 g/mol. The summed E-state index contributed by atoms with van der Waals surface area (Å²) in [6.45, 7) is 5.35. The second kappa shape index (κ2) is 9.01. The molecule has 0 aliphatic carbocycles. The molecule has 4 heterocycles. The molecular weight excluding hydrogens is 464 g/mol. The predicted molar refractivity (Wildman–Crippen MR) is 136 cm³/mol. The molecule has 182 valence electrons. The third-order valence-electron chi connectivity index (χ3n) is 6.80. The zero-order valence-electron chi connectivity index (χ0n) is 19.7. The van der Waals surface area contributed by atoms with Crippen LogP contribution in [0.2, 0.25) is 0 Å². The molecule has 2 aromatic rings. The molecule has 0 spiro atoms. The van der Waals surface area contributed by atoms with Gasteiger partial charge in [0.1, 0.15) is 19.4 Å². The Kier molecular flexibility index (Phi) is 5.69. The topological polar surface area (TPSA) is 90.5 Å². The highest BCUT2D eigenvalue weighted by Gasteiger charge is 2.44. The normalized spacial score (nSPS) is 23.9. The van der Waals surface area contributed by atoms with Crippen molar-refractivity contribution in [1.82, 2.24) is 20.8 Å². The van der Waals surface area contributed by atoms with Gasteiger partial charge in [-0.2, -0.15) is 5.10 Å². The standard InChI is InChI=1S/C25H28N6O3S/c1-15-3-4-17(11-16(15)2)19-13-20-24-27-28-25(30(24)7-8-31(20)29-19)35-14-23(32)26-18-5-6-21-22(12-18)34-10-9-33-21/h3-8,11-12,19-20,24,27,29H,9-10,13-14H2,1-2H3,(H,26,32). The number of carbonyl (C=O) groups is 1. The first-order chi connectivity index (χ1) is 17.0. The van der Waals surface area contributed by atoms with Crippen LogP contribution in [0.25, 0.3) is 0 Å². The van der Waals surface area contributed by atoms with E-state index in [4.69, 9.17) is 9.47 Å². The number of aryl methyl sites for hydroxylation is 2. The summed E-state index contributed by atoms with van der Waals surface area (Å²) in [4.78, 5) is 14.7. The van der Waals surface area contributed by atoms with Crippen LogP contribution in [0.4, 0.5) is 5.69 Å². The van der Waals surface area contributed by atoms with Crippen LogP contribution in [-0.4, -0.2) is 52.2 Å². The van der Waals surface area contributed by atoms with Crippen molar-refractivity contribution in [2.45, 2.75) is 38.5 Å². The molecule has 35 heavy (non-hydrogen) atoms. The van der Waals surface area contributed by atoms with Crippen molar-refractivity contribution in [1.29, 1.82) is 0 Å². The van der Waals surface area contributed by atoms with Crippen molar-refractivity contribution in [2.24, 2.45) is 5.10 Å². The minimum atomic E-state index is -0.0993. The number of hydrazine groups is 1. The maximum absolute atomic E-state index is 12.6. The highest BCUT2D eigenvalue weighted by Crippen LogP contribution is 2.36. The molecule has 3 N–H and O–H groups in total. The number of thioether (sulfide) groups is 1. The van der Waals surface area contributed by atoms with Gasteiger partial charge in [-0.25, -0.2) is 5.43 Å². The fourth-order valence-corrected chi connectivity index (χ4v) is 5.57. The van der Waals surface area contributed by atoms with Gasteiger partial charge in [-0.1, -0.05) is 30.0 Å². The van der Waals surface area contributed by atoms with Gasteiger partial charge in [-0.05, 0) is 49.1 Å². The van der Waals surface area contributed by atoms with Gasteiger partial charge in [-0.3, -0.25) is 10.2 Å². The number of ether oxygens (including phenoxy) is 2. The zero-order valence-corrected chi connectivity index (χ0v) is 20.5. The third-order valence-corrected chi connectivity index (χ3v) is 7.76. The van der Waals surface area contributed by atoms with Gasteiger partial charge in [0.15, 0.2) is 16.7 Å². The lowest BCUT2D eigenvalue weighted by atomic mass is 9.97. The molecule has 10 heteroatoms. The first-order valence-corrected chi connectivity index (χ1v) is 12.8. The Labute approximate surface area is 208 Å². The van der Waals surface area contributed by atoms with Crippen molar-refractivity contribution in [3.63, 3.8) is 0 Å². The van der Waals surface area contributed by atoms with Crippen LogP contribution < -0.4 is 25.6 Å². The van der Waals surface area contributed by atoms with E-state index in [0.29, 0.717) is 30.4 Å². The van der Waals surface area contributed by atoms with Gasteiger partial charge < -0.3 is 24.7 Å². The van der Waals surface area contributed by atoms with E-state index in [0.717, 1.165) is 11.6 Å². The molecule has 1 saturated heterocycles. The van der Waals surface area contributed by atoms with Crippen molar-refractivity contribution in [2.75, 3.05) is 24.3 Å². The molecule has 2 aromatic carbocycles. The molecule has 3 atom stereocenters. The minimum absolute atomic E-state index is 0.0207. The van der Waals surface area contributed by atoms with Gasteiger partial charge >= 0.3 is 0 Å². The summed E-state index contributed by atoms with van der Waals surface area (Å²) in [5.74, 6) is 1.51. The minimum Gasteiger partial charge on any atom is -0.486 e. The number of benzene rings is 2. The first kappa shape index (κ1) is 22.1. The van der Waals surface area contributed by atoms with E-state index in [-0.39, 0.29) is 29.9 Å². The Morgan fingerprint density at radius 2 is 1.97 bits per heavy atom. The molecule has 0 aromatic heterocycles. The molecule has 0 saturated carbocycles. The molecule has 0 bridgehead atoms. The van der Waals surface area contributed by atoms with E-state index in [1.807, 2.05) is 18.3 Å². The Hall–Kier alpha value is -3.37. The first-order valence-electron chi connectivity index (χ1n) is 11.8. The lowest BCUT2D eigenvalue weighted by Gasteiger charge is -2.36. The van der Waals surface area contributed by atoms with Gasteiger partial charge in [0, 0.05) is 24.2 Å². The zero-order chi connectivity index (χ0) is 23.9. The van der Waals surface area contributed by atoms with Crippen LogP contribution >= 0.6 is 11.8 Å². The predicted octanol–water partition coefficient (Wildman–Crippen LogP) is 3.05. The van der Waals surface area contributed by atoms with Crippen LogP contribution in [0, 0.1) is 13.8 Å². The monoisotopic (exact) mass is 492 g/mol. The van der Waals surface area contributed by atoms with E-state index in [2.05, 4.69) is 69.4 Å². The van der Waals surface area contributed by atoms with Crippen molar-refractivity contribution in [3.05, 3.63) is 65.5 Å². The molecule has 0 radical (unpaired) electrons. The van der Waals surface area contributed by atoms with Crippen LogP contribution in [0.1, 0.15) is 29.2 Å². The van der Waals surface area contributed by atoms with E-state index in [1.54, 1.807) is 6.07 Å². The lowest BCUT2D eigenvalue weighted by Crippen LogP contribution is -2.54. The molecule has 6 rings (SSSR count). The number of carbonyl (C=O) groups excluding carboxylic acids is 1. The summed E-state index contributed by atoms with van der Waals surface area (Å²) in [6.07, 6.45) is 5.05. The lowest BCUT2D eigenvalue weighted by molar-refractivity contribution is -0.113. The number of rotatable bonds is 4. The number of anilines is 1. The molecule has 9 nitrogen and oxygen atoms in total. The number of nitrogens with zero attached hydrogens (tertiary/aromatic N) is 3. The second-order valence-electron chi connectivity index (χ2n) is 9.10. The fraction of sp³-hybridized carbons (Fsp3) is 0.360. The van der Waals surface area contributed by atoms with E-state index >= 15 is 0 Å². The summed E-state index contributed by atoms with van der Waals surface area (Å²) in [5, 5.41) is 10.4. The highest BCUT2D eigenvalue weighted by molar-refractivity contribution is 8.14. The third kappa shape index (κ3) is 4.28. The van der Waals surface area contributed by atoms with Gasteiger partial charge in [0.25, 0.3) is 0 Å². The summed E-state index contributed by atoms with van der Waals surface area (Å²) in [5.41, 5.74) is 11.5. The number of amidine groups is 1. The Balaban J connectivity index is 1.05. The second-order valence-corrected chi connectivity index (χ2v) is 10.0. The largest absolute Gasteiger partial charge is 0.486 e. The summed E-state index contributed by atoms with van der Waals surface area (Å²) in [6, 6.07) is 12.6. The Morgan fingerprint density at radius 1 is 1.11 bits per heavy atom. The van der Waals surface area contributed by atoms with Gasteiger partial charge in [0.05, 0.1) is 17.8 Å². The van der Waals surface area contributed by atoms with Crippen LogP contribution in [-0.2, 0) is 4.79 Å². The average Bonchev–Trinajstić information content (AvgIpc) is 3.48. The number of amides is 1. The van der Waals surface area contributed by atoms with Crippen molar-refractivity contribution in [3.8, 4) is 11.5 Å². The number of hydrogen-bond acceptors (Lipinski definition) is 9. The molecule has 4 aliphatic heterocycles. The van der Waals surface area contributed by atoms with Gasteiger partial charge in [-0.15, -0.1) is 0 Å². The van der Waals surface area contributed by atoms with Gasteiger partial charge in [0.2, 0.25) is 5.91 Å². The molecule has 4 aliphatic rings. The maximum Gasteiger partial charge on any atom is 0.234 e. The molecule has 1 fully saturated rings. The van der Waals surface area contributed by atoms with Crippen LogP contribution in [0.5, 0.6) is 11.5 Å². The van der Waals surface area contributed by atoms with E-state index < -0.39 is 0 Å². The van der Waals surface area contributed by atoms with Crippen molar-refractivity contribution < 1.29 is 14.3 Å². The fourth-order valence-electron chi connectivity index (χ4n) is 4.80. The molecular formula is C25H28N6O3S. The van der Waals surface area contributed by atoms with E-state index in [9.17, 15) is 4.79 Å². The smallest absolute Gasteiger partial charge is 0.234 e. The molecule has 1 amide bonds. The number of hydrogen-bond donors (Lipinski definition) is 3. The number of hydrazone groups is 1. The number of nitrogens with one attached hydrogen (secondary N) is 3. The summed E-state index contributed by atoms with van der Waals surface area (Å²) >= 11 is 1.42. The Bertz CT molecular complexity index is 1220. The Morgan fingerprint density at radius 3 is 2.83 bits per heavy atom. The highest BCUT2D eigenvalue weighted by atomic mass is 32.2. The van der Waals surface area contributed by atoms with Crippen molar-refractivity contribution >= 4 is 28.5 Å².